The van der Waals surface area contributed by atoms with Crippen LogP contribution in [-0.2, 0) is 10.3 Å². The van der Waals surface area contributed by atoms with Gasteiger partial charge in [0, 0.05) is 28.9 Å². The normalized spacial score (nSPS) is 24.2. The molecule has 0 spiro atoms. The third kappa shape index (κ3) is 6.35. The van der Waals surface area contributed by atoms with E-state index in [0.717, 1.165) is 6.07 Å². The number of nitrogens with zero attached hydrogens (tertiary/aromatic N) is 1. The van der Waals surface area contributed by atoms with E-state index in [0.29, 0.717) is 35.9 Å². The van der Waals surface area contributed by atoms with Crippen LogP contribution < -0.4 is 11.1 Å². The Balaban J connectivity index is 0.00000108. The molecule has 1 saturated heterocycles. The van der Waals surface area contributed by atoms with Crippen LogP contribution in [0.25, 0.3) is 0 Å². The molecule has 2 aliphatic rings. The van der Waals surface area contributed by atoms with E-state index in [9.17, 15) is 18.7 Å². The summed E-state index contributed by atoms with van der Waals surface area (Å²) < 4.78 is 34.5. The van der Waals surface area contributed by atoms with Gasteiger partial charge >= 0.3 is 0 Å². The molecule has 4 rings (SSSR count). The van der Waals surface area contributed by atoms with Gasteiger partial charge in [0.05, 0.1) is 18.8 Å². The highest BCUT2D eigenvalue weighted by atomic mass is 32.2. The van der Waals surface area contributed by atoms with E-state index < -0.39 is 29.4 Å². The number of nitrogens with one attached hydrogen (secondary N) is 1. The second kappa shape index (κ2) is 12.4. The molecular weight excluding hydrogens is 472 g/mol. The number of amides is 1. The van der Waals surface area contributed by atoms with Gasteiger partial charge in [0.25, 0.3) is 5.91 Å². The topological polar surface area (TPSA) is 96.9 Å². The highest BCUT2D eigenvalue weighted by Crippen LogP contribution is 2.47. The minimum absolute atomic E-state index is 0.00220. The fraction of sp³-hybridized carbons (Fsp3) is 0.385. The summed E-state index contributed by atoms with van der Waals surface area (Å²) in [6.45, 7) is 5.57. The minimum atomic E-state index is -1.14. The average Bonchev–Trinajstić information content (AvgIpc) is 2.84. The van der Waals surface area contributed by atoms with Crippen LogP contribution in [0.5, 0.6) is 0 Å². The largest absolute Gasteiger partial charge is 0.390 e. The van der Waals surface area contributed by atoms with Crippen LogP contribution in [0.3, 0.4) is 0 Å². The van der Waals surface area contributed by atoms with Gasteiger partial charge in [-0.25, -0.2) is 13.8 Å². The molecule has 2 aliphatic heterocycles. The van der Waals surface area contributed by atoms with Crippen LogP contribution >= 0.6 is 11.8 Å². The molecule has 6 nitrogen and oxygen atoms in total. The van der Waals surface area contributed by atoms with Crippen LogP contribution in [0, 0.1) is 17.6 Å². The van der Waals surface area contributed by atoms with Gasteiger partial charge in [-0.3, -0.25) is 4.79 Å². The summed E-state index contributed by atoms with van der Waals surface area (Å²) in [5.74, 6) is -1.38. The number of halogens is 2. The fourth-order valence-corrected chi connectivity index (χ4v) is 5.43. The molecule has 0 aliphatic carbocycles. The third-order valence-corrected chi connectivity index (χ3v) is 7.01. The molecule has 2 aromatic carbocycles. The van der Waals surface area contributed by atoms with Crippen LogP contribution in [0.1, 0.15) is 35.7 Å². The smallest absolute Gasteiger partial charge is 0.257 e. The Morgan fingerprint density at radius 2 is 2.09 bits per heavy atom. The summed E-state index contributed by atoms with van der Waals surface area (Å²) in [5, 5.41) is 13.5. The first kappa shape index (κ1) is 27.0. The molecule has 4 atom stereocenters. The summed E-state index contributed by atoms with van der Waals surface area (Å²) in [7, 11) is 0. The van der Waals surface area contributed by atoms with Crippen molar-refractivity contribution in [2.45, 2.75) is 37.5 Å². The molecule has 9 heteroatoms. The number of thioether (sulfide) groups is 1. The predicted octanol–water partition coefficient (Wildman–Crippen LogP) is 4.00. The molecule has 2 heterocycles. The monoisotopic (exact) mass is 503 g/mol. The highest BCUT2D eigenvalue weighted by Gasteiger charge is 2.50. The lowest BCUT2D eigenvalue weighted by atomic mass is 9.74. The van der Waals surface area contributed by atoms with Crippen molar-refractivity contribution in [3.63, 3.8) is 0 Å². The zero-order valence-electron chi connectivity index (χ0n) is 19.6. The average molecular weight is 504 g/mol. The Morgan fingerprint density at radius 3 is 2.74 bits per heavy atom. The maximum absolute atomic E-state index is 14.9. The van der Waals surface area contributed by atoms with Gasteiger partial charge in [-0.15, -0.1) is 6.58 Å². The molecule has 1 amide bonds. The van der Waals surface area contributed by atoms with Crippen LogP contribution in [0.2, 0.25) is 0 Å². The van der Waals surface area contributed by atoms with Crippen molar-refractivity contribution >= 4 is 22.8 Å². The first-order valence-corrected chi connectivity index (χ1v) is 12.4. The lowest BCUT2D eigenvalue weighted by Crippen LogP contribution is -2.53. The zero-order valence-corrected chi connectivity index (χ0v) is 20.4. The predicted molar refractivity (Wildman–Crippen MR) is 135 cm³/mol. The van der Waals surface area contributed by atoms with Gasteiger partial charge < -0.3 is 20.9 Å². The molecule has 1 fully saturated rings. The number of hydrogen-bond acceptors (Lipinski definition) is 6. The Bertz CT molecular complexity index is 1050. The number of benzene rings is 2. The van der Waals surface area contributed by atoms with Gasteiger partial charge in [0.2, 0.25) is 0 Å². The molecule has 0 aromatic heterocycles. The number of fused-ring (bicyclic) bond motifs is 1. The summed E-state index contributed by atoms with van der Waals surface area (Å²) in [5.41, 5.74) is 5.11. The van der Waals surface area contributed by atoms with Crippen molar-refractivity contribution in [1.82, 2.24) is 5.32 Å². The van der Waals surface area contributed by atoms with E-state index >= 15 is 0 Å². The lowest BCUT2D eigenvalue weighted by molar-refractivity contribution is -0.109. The van der Waals surface area contributed by atoms with Crippen molar-refractivity contribution in [2.75, 3.05) is 18.9 Å². The molecule has 0 saturated carbocycles. The Labute approximate surface area is 208 Å². The fourth-order valence-electron chi connectivity index (χ4n) is 4.26. The summed E-state index contributed by atoms with van der Waals surface area (Å²) >= 11 is 1.36. The number of aliphatic hydroxyl groups is 1. The Kier molecular flexibility index (Phi) is 9.56. The number of carbonyl (C=O) groups excluding carboxylic acids is 1. The summed E-state index contributed by atoms with van der Waals surface area (Å²) in [6.07, 6.45) is 1.40. The number of carbonyl (C=O) groups is 1. The number of aliphatic hydroxyl groups excluding tert-OH is 1. The number of allylic oxidation sites excluding steroid dienone is 1. The van der Waals surface area contributed by atoms with E-state index in [1.807, 2.05) is 13.0 Å². The van der Waals surface area contributed by atoms with Crippen LogP contribution in [0.4, 0.5) is 8.78 Å². The number of aliphatic imine (C=N–C) groups is 1. The van der Waals surface area contributed by atoms with Crippen molar-refractivity contribution in [1.29, 1.82) is 0 Å². The summed E-state index contributed by atoms with van der Waals surface area (Å²) in [6, 6.07) is 12.1. The molecule has 2 aromatic rings. The second-order valence-corrected chi connectivity index (χ2v) is 9.44. The Hall–Kier alpha value is -2.59. The number of amidine groups is 1. The number of rotatable bonds is 5. The van der Waals surface area contributed by atoms with Crippen molar-refractivity contribution in [3.05, 3.63) is 83.9 Å². The Morgan fingerprint density at radius 1 is 1.37 bits per heavy atom. The van der Waals surface area contributed by atoms with E-state index in [-0.39, 0.29) is 24.0 Å². The molecule has 0 radical (unpaired) electrons. The number of nitrogens with two attached hydrogens (primary N) is 1. The number of hydrogen-bond donors (Lipinski definition) is 3. The van der Waals surface area contributed by atoms with Gasteiger partial charge in [-0.2, -0.15) is 0 Å². The lowest BCUT2D eigenvalue weighted by Gasteiger charge is -2.47. The quantitative estimate of drug-likeness (QED) is 0.536. The first-order valence-electron chi connectivity index (χ1n) is 11.5. The highest BCUT2D eigenvalue weighted by molar-refractivity contribution is 8.13. The van der Waals surface area contributed by atoms with Gasteiger partial charge in [-0.1, -0.05) is 42.1 Å². The first-order chi connectivity index (χ1) is 16.8. The third-order valence-electron chi connectivity index (χ3n) is 5.98. The molecular formula is C26H31F2N3O3S. The maximum atomic E-state index is 14.9. The standard InChI is InChI=1S/C23H25F2N3O3S.C3H6/c24-16-6-7-17(18(25)11-16)23-13-31-20(19(29)8-9-26)10-15(23)12-32-22(28-23)27-21(30)14-4-2-1-3-5-14;1-3-2/h1-7,11,15,19-20,29H,8-10,12-13,26H2,(H,27,28,30);3H,1H2,2H3. The van der Waals surface area contributed by atoms with E-state index in [1.54, 1.807) is 30.3 Å². The van der Waals surface area contributed by atoms with Crippen LogP contribution in [0.15, 0.2) is 66.2 Å². The molecule has 4 N–H and O–H groups in total. The summed E-state index contributed by atoms with van der Waals surface area (Å²) in [4.78, 5) is 17.4. The van der Waals surface area contributed by atoms with Crippen molar-refractivity contribution in [2.24, 2.45) is 16.6 Å². The molecule has 0 bridgehead atoms. The SMILES string of the molecule is C=CC.NCCC(O)C1CC2CSC(NC(=O)c3ccccc3)=NC2(c2ccc(F)cc2F)CO1. The molecule has 188 valence electrons. The van der Waals surface area contributed by atoms with Gasteiger partial charge in [0.1, 0.15) is 17.2 Å². The van der Waals surface area contributed by atoms with Gasteiger partial charge in [0.15, 0.2) is 5.17 Å². The van der Waals surface area contributed by atoms with E-state index in [4.69, 9.17) is 15.5 Å². The van der Waals surface area contributed by atoms with E-state index in [1.165, 1.54) is 23.9 Å². The van der Waals surface area contributed by atoms with Crippen LogP contribution in [-0.4, -0.2) is 47.3 Å². The zero-order chi connectivity index (χ0) is 25.4. The number of ether oxygens (including phenoxy) is 1. The van der Waals surface area contributed by atoms with Crippen molar-refractivity contribution < 1.29 is 23.4 Å². The molecule has 35 heavy (non-hydrogen) atoms. The molecule has 4 unspecified atom stereocenters. The second-order valence-electron chi connectivity index (χ2n) is 8.43. The van der Waals surface area contributed by atoms with Crippen molar-refractivity contribution in [3.8, 4) is 0 Å². The minimum Gasteiger partial charge on any atom is -0.390 e. The van der Waals surface area contributed by atoms with E-state index in [2.05, 4.69) is 11.9 Å². The maximum Gasteiger partial charge on any atom is 0.257 e. The van der Waals surface area contributed by atoms with Gasteiger partial charge in [-0.05, 0) is 44.5 Å².